The smallest absolute Gasteiger partial charge is 0.386 e. The van der Waals surface area contributed by atoms with E-state index in [0.717, 1.165) is 13.8 Å². The summed E-state index contributed by atoms with van der Waals surface area (Å²) in [6.07, 6.45) is -10.2. The fraction of sp³-hybridized carbons (Fsp3) is 1.00. The molecule has 0 aromatic carbocycles. The number of hydrogen-bond donors (Lipinski definition) is 1. The lowest BCUT2D eigenvalue weighted by Crippen LogP contribution is -2.65. The van der Waals surface area contributed by atoms with Crippen LogP contribution in [0.3, 0.4) is 0 Å². The van der Waals surface area contributed by atoms with Crippen LogP contribution < -0.4 is 0 Å². The fourth-order valence-electron chi connectivity index (χ4n) is 0.992. The quantitative estimate of drug-likeness (QED) is 0.787. The van der Waals surface area contributed by atoms with Gasteiger partial charge in [-0.1, -0.05) is 13.8 Å². The number of hydrogen-bond acceptors (Lipinski definition) is 1. The van der Waals surface area contributed by atoms with Gasteiger partial charge in [-0.3, -0.25) is 0 Å². The maximum atomic E-state index is 12.9. The van der Waals surface area contributed by atoms with Gasteiger partial charge in [0.25, 0.3) is 0 Å². The van der Waals surface area contributed by atoms with Gasteiger partial charge in [0, 0.05) is 0 Å². The van der Waals surface area contributed by atoms with Crippen molar-refractivity contribution in [2.75, 3.05) is 0 Å². The molecular weight excluding hydrogens is 283 g/mol. The van der Waals surface area contributed by atoms with Gasteiger partial charge < -0.3 is 5.11 Å². The number of rotatable bonds is 4. The van der Waals surface area contributed by atoms with Crippen LogP contribution in [-0.2, 0) is 0 Å². The van der Waals surface area contributed by atoms with Crippen molar-refractivity contribution in [3.63, 3.8) is 0 Å². The Hall–Kier alpha value is -0.670. The molecule has 1 atom stereocenters. The van der Waals surface area contributed by atoms with Gasteiger partial charge in [0.05, 0.1) is 0 Å². The Morgan fingerprint density at radius 2 is 1.06 bits per heavy atom. The minimum Gasteiger partial charge on any atom is -0.386 e. The fourth-order valence-corrected chi connectivity index (χ4v) is 0.992. The maximum absolute atomic E-state index is 12.9. The minimum absolute atomic E-state index is 0.764. The minimum atomic E-state index is -6.96. The van der Waals surface area contributed by atoms with Crippen LogP contribution in [0, 0.1) is 5.92 Å². The molecule has 0 spiro atoms. The molecule has 1 unspecified atom stereocenters. The van der Waals surface area contributed by atoms with E-state index in [1.54, 1.807) is 0 Å². The lowest BCUT2D eigenvalue weighted by atomic mass is 9.92. The van der Waals surface area contributed by atoms with Gasteiger partial charge in [0.1, 0.15) is 6.10 Å². The summed E-state index contributed by atoms with van der Waals surface area (Å²) in [5, 5.41) is 8.69. The van der Waals surface area contributed by atoms with Crippen molar-refractivity contribution in [3.05, 3.63) is 0 Å². The third-order valence-electron chi connectivity index (χ3n) is 2.17. The van der Waals surface area contributed by atoms with E-state index in [9.17, 15) is 39.5 Å². The van der Waals surface area contributed by atoms with Gasteiger partial charge in [-0.15, -0.1) is 0 Å². The molecule has 0 rings (SSSR count). The summed E-state index contributed by atoms with van der Waals surface area (Å²) in [4.78, 5) is 0. The first-order chi connectivity index (χ1) is 7.60. The average molecular weight is 292 g/mol. The summed E-state index contributed by atoms with van der Waals surface area (Å²) >= 11 is 0. The molecule has 18 heavy (non-hydrogen) atoms. The predicted molar refractivity (Wildman–Crippen MR) is 41.7 cm³/mol. The molecule has 0 aliphatic rings. The van der Waals surface area contributed by atoms with E-state index in [0.29, 0.717) is 0 Å². The molecule has 0 heterocycles. The van der Waals surface area contributed by atoms with E-state index < -0.39 is 36.0 Å². The Morgan fingerprint density at radius 1 is 0.722 bits per heavy atom. The summed E-state index contributed by atoms with van der Waals surface area (Å²) in [6, 6.07) is 0. The second-order valence-corrected chi connectivity index (χ2v) is 3.96. The van der Waals surface area contributed by atoms with Crippen LogP contribution >= 0.6 is 0 Å². The first-order valence-electron chi connectivity index (χ1n) is 4.49. The largest absolute Gasteiger partial charge is 0.460 e. The number of alkyl halides is 9. The Labute approximate surface area is 95.6 Å². The van der Waals surface area contributed by atoms with E-state index in [1.807, 2.05) is 0 Å². The van der Waals surface area contributed by atoms with E-state index in [2.05, 4.69) is 0 Å². The number of halogens is 9. The summed E-state index contributed by atoms with van der Waals surface area (Å²) in [7, 11) is 0. The van der Waals surface area contributed by atoms with Crippen LogP contribution in [-0.4, -0.2) is 35.2 Å². The predicted octanol–water partition coefficient (Wildman–Crippen LogP) is 3.47. The first kappa shape index (κ1) is 17.3. The second-order valence-electron chi connectivity index (χ2n) is 3.96. The monoisotopic (exact) mass is 292 g/mol. The summed E-state index contributed by atoms with van der Waals surface area (Å²) in [5.74, 6) is -21.3. The molecule has 1 nitrogen and oxygen atoms in total. The van der Waals surface area contributed by atoms with E-state index in [-0.39, 0.29) is 0 Å². The topological polar surface area (TPSA) is 20.2 Å². The van der Waals surface area contributed by atoms with Crippen molar-refractivity contribution < 1.29 is 44.6 Å². The summed E-state index contributed by atoms with van der Waals surface area (Å²) < 4.78 is 111. The molecule has 0 aliphatic heterocycles. The van der Waals surface area contributed by atoms with E-state index in [1.165, 1.54) is 0 Å². The van der Waals surface area contributed by atoms with Crippen molar-refractivity contribution in [2.24, 2.45) is 5.92 Å². The van der Waals surface area contributed by atoms with Crippen LogP contribution in [0.4, 0.5) is 39.5 Å². The third kappa shape index (κ3) is 2.39. The molecule has 110 valence electrons. The van der Waals surface area contributed by atoms with Crippen LogP contribution in [0.2, 0.25) is 0 Å². The molecule has 0 saturated heterocycles. The van der Waals surface area contributed by atoms with Crippen molar-refractivity contribution in [2.45, 2.75) is 43.9 Å². The summed E-state index contributed by atoms with van der Waals surface area (Å²) in [5.41, 5.74) is 0. The number of aliphatic hydroxyl groups excluding tert-OH is 1. The highest BCUT2D eigenvalue weighted by atomic mass is 19.4. The van der Waals surface area contributed by atoms with Crippen LogP contribution in [0.5, 0.6) is 0 Å². The van der Waals surface area contributed by atoms with Crippen LogP contribution in [0.25, 0.3) is 0 Å². The molecule has 1 N–H and O–H groups in total. The van der Waals surface area contributed by atoms with Gasteiger partial charge in [-0.25, -0.2) is 0 Å². The molecule has 10 heteroatoms. The molecule has 0 bridgehead atoms. The van der Waals surface area contributed by atoms with Gasteiger partial charge >= 0.3 is 23.9 Å². The van der Waals surface area contributed by atoms with Crippen LogP contribution in [0.15, 0.2) is 0 Å². The lowest BCUT2D eigenvalue weighted by Gasteiger charge is -2.36. The molecule has 0 aromatic rings. The molecule has 0 amide bonds. The molecule has 0 aromatic heterocycles. The van der Waals surface area contributed by atoms with Gasteiger partial charge in [0.2, 0.25) is 0 Å². The SMILES string of the molecule is CC(C)C(O)C(F)(F)C(F)(F)C(F)(F)C(F)(F)F. The zero-order valence-electron chi connectivity index (χ0n) is 9.00. The highest BCUT2D eigenvalue weighted by Gasteiger charge is 2.83. The van der Waals surface area contributed by atoms with Gasteiger partial charge in [-0.2, -0.15) is 39.5 Å². The zero-order valence-corrected chi connectivity index (χ0v) is 9.00. The Bertz CT molecular complexity index is 293. The highest BCUT2D eigenvalue weighted by molar-refractivity contribution is 5.03. The van der Waals surface area contributed by atoms with Crippen LogP contribution in [0.1, 0.15) is 13.8 Å². The molecule has 0 radical (unpaired) electrons. The Morgan fingerprint density at radius 3 is 1.28 bits per heavy atom. The Kier molecular flexibility index (Phi) is 4.30. The normalized spacial score (nSPS) is 17.2. The first-order valence-corrected chi connectivity index (χ1v) is 4.49. The molecule has 0 saturated carbocycles. The average Bonchev–Trinajstić information content (AvgIpc) is 2.13. The maximum Gasteiger partial charge on any atom is 0.460 e. The molecule has 0 aliphatic carbocycles. The highest BCUT2D eigenvalue weighted by Crippen LogP contribution is 2.54. The number of aliphatic hydroxyl groups is 1. The van der Waals surface area contributed by atoms with Gasteiger partial charge in [0.15, 0.2) is 0 Å². The van der Waals surface area contributed by atoms with Crippen molar-refractivity contribution >= 4 is 0 Å². The van der Waals surface area contributed by atoms with Crippen molar-refractivity contribution in [3.8, 4) is 0 Å². The molecular formula is C8H9F9O. The van der Waals surface area contributed by atoms with Crippen molar-refractivity contribution in [1.82, 2.24) is 0 Å². The standard InChI is InChI=1S/C8H9F9O/c1-3(2)4(18)5(9,10)6(11,12)7(13,14)8(15,16)17/h3-4,18H,1-2H3. The summed E-state index contributed by atoms with van der Waals surface area (Å²) in [6.45, 7) is 1.53. The third-order valence-corrected chi connectivity index (χ3v) is 2.17. The van der Waals surface area contributed by atoms with Gasteiger partial charge in [-0.05, 0) is 5.92 Å². The zero-order chi connectivity index (χ0) is 15.2. The van der Waals surface area contributed by atoms with Crippen molar-refractivity contribution in [1.29, 1.82) is 0 Å². The second kappa shape index (κ2) is 4.46. The van der Waals surface area contributed by atoms with E-state index in [4.69, 9.17) is 5.11 Å². The molecule has 0 fully saturated rings. The van der Waals surface area contributed by atoms with E-state index >= 15 is 0 Å². The lowest BCUT2D eigenvalue weighted by molar-refractivity contribution is -0.407. The Balaban J connectivity index is 5.64.